The van der Waals surface area contributed by atoms with Gasteiger partial charge in [0.1, 0.15) is 11.4 Å². The van der Waals surface area contributed by atoms with Crippen molar-refractivity contribution in [1.82, 2.24) is 9.55 Å². The van der Waals surface area contributed by atoms with E-state index in [9.17, 15) is 24.5 Å². The summed E-state index contributed by atoms with van der Waals surface area (Å²) < 4.78 is 1.18. The third-order valence-corrected chi connectivity index (χ3v) is 4.24. The number of benzene rings is 1. The lowest BCUT2D eigenvalue weighted by Crippen LogP contribution is -2.41. The predicted octanol–water partition coefficient (Wildman–Crippen LogP) is 1.88. The zero-order valence-corrected chi connectivity index (χ0v) is 15.8. The van der Waals surface area contributed by atoms with Crippen LogP contribution < -0.4 is 21.9 Å². The molecule has 28 heavy (non-hydrogen) atoms. The highest BCUT2D eigenvalue weighted by atomic mass is 16.6. The van der Waals surface area contributed by atoms with Crippen LogP contribution in [-0.2, 0) is 6.54 Å². The maximum Gasteiger partial charge on any atom is 0.330 e. The zero-order valence-electron chi connectivity index (χ0n) is 15.8. The molecule has 0 aliphatic rings. The molecule has 1 aromatic heterocycles. The third-order valence-electron chi connectivity index (χ3n) is 4.24. The standard InChI is InChI=1S/C18H23N5O5/c1-3-5-11-21(17(25)12-8-6-7-9-13(12)23(27)28)14-15(19)22(10-4-2)18(26)20-16(14)24/h6-9H,3-5,10-11,19H2,1-2H3,(H,20,24,26). The monoisotopic (exact) mass is 389 g/mol. The zero-order chi connectivity index (χ0) is 20.8. The molecule has 0 aliphatic heterocycles. The van der Waals surface area contributed by atoms with E-state index in [2.05, 4.69) is 4.98 Å². The molecule has 0 aliphatic carbocycles. The van der Waals surface area contributed by atoms with Crippen LogP contribution in [0.2, 0.25) is 0 Å². The number of anilines is 2. The molecule has 1 heterocycles. The Labute approximate surface area is 160 Å². The van der Waals surface area contributed by atoms with Gasteiger partial charge in [-0.2, -0.15) is 0 Å². The highest BCUT2D eigenvalue weighted by Crippen LogP contribution is 2.24. The molecule has 150 valence electrons. The second kappa shape index (κ2) is 8.98. The molecule has 2 rings (SSSR count). The van der Waals surface area contributed by atoms with Gasteiger partial charge in [-0.3, -0.25) is 29.3 Å². The number of carbonyl (C=O) groups excluding carboxylic acids is 1. The summed E-state index contributed by atoms with van der Waals surface area (Å²) in [6.45, 7) is 4.12. The van der Waals surface area contributed by atoms with Gasteiger partial charge in [-0.25, -0.2) is 4.79 Å². The third kappa shape index (κ3) is 4.11. The number of H-pyrrole nitrogens is 1. The normalized spacial score (nSPS) is 10.6. The molecule has 3 N–H and O–H groups in total. The van der Waals surface area contributed by atoms with E-state index in [0.717, 1.165) is 4.90 Å². The lowest BCUT2D eigenvalue weighted by molar-refractivity contribution is -0.385. The number of nitrogens with one attached hydrogen (secondary N) is 1. The number of aromatic nitrogens is 2. The van der Waals surface area contributed by atoms with Crippen LogP contribution in [0.1, 0.15) is 43.5 Å². The number of aromatic amines is 1. The molecule has 0 fully saturated rings. The van der Waals surface area contributed by atoms with Gasteiger partial charge in [-0.05, 0) is 18.9 Å². The molecule has 10 heteroatoms. The summed E-state index contributed by atoms with van der Waals surface area (Å²) in [4.78, 5) is 51.7. The quantitative estimate of drug-likeness (QED) is 0.521. The van der Waals surface area contributed by atoms with Crippen molar-refractivity contribution >= 4 is 23.1 Å². The summed E-state index contributed by atoms with van der Waals surface area (Å²) in [5.74, 6) is -0.863. The Kier molecular flexibility index (Phi) is 6.69. The molecule has 2 aromatic rings. The van der Waals surface area contributed by atoms with Crippen molar-refractivity contribution in [3.63, 3.8) is 0 Å². The van der Waals surface area contributed by atoms with E-state index in [1.54, 1.807) is 0 Å². The van der Waals surface area contributed by atoms with Crippen LogP contribution in [0.4, 0.5) is 17.2 Å². The van der Waals surface area contributed by atoms with Crippen LogP contribution in [0.15, 0.2) is 33.9 Å². The summed E-state index contributed by atoms with van der Waals surface area (Å²) in [5.41, 5.74) is 3.90. The maximum absolute atomic E-state index is 13.2. The SMILES string of the molecule is CCCCN(C(=O)c1ccccc1[N+](=O)[O-])c1c(N)n(CCC)c(=O)[nH]c1=O. The van der Waals surface area contributed by atoms with E-state index >= 15 is 0 Å². The number of nitrogens with zero attached hydrogens (tertiary/aromatic N) is 3. The molecule has 0 saturated carbocycles. The molecule has 10 nitrogen and oxygen atoms in total. The van der Waals surface area contributed by atoms with Crippen LogP contribution in [0, 0.1) is 10.1 Å². The van der Waals surface area contributed by atoms with E-state index in [1.807, 2.05) is 13.8 Å². The summed E-state index contributed by atoms with van der Waals surface area (Å²) in [6.07, 6.45) is 1.84. The van der Waals surface area contributed by atoms with Gasteiger partial charge < -0.3 is 10.6 Å². The largest absolute Gasteiger partial charge is 0.383 e. The molecule has 1 amide bonds. The average Bonchev–Trinajstić information content (AvgIpc) is 2.67. The minimum Gasteiger partial charge on any atom is -0.383 e. The van der Waals surface area contributed by atoms with E-state index in [1.165, 1.54) is 28.8 Å². The first-order valence-electron chi connectivity index (χ1n) is 9.01. The van der Waals surface area contributed by atoms with Crippen molar-refractivity contribution in [3.05, 3.63) is 60.8 Å². The number of nitrogens with two attached hydrogens (primary N) is 1. The van der Waals surface area contributed by atoms with E-state index in [0.29, 0.717) is 19.3 Å². The molecule has 1 aromatic carbocycles. The average molecular weight is 389 g/mol. The van der Waals surface area contributed by atoms with E-state index in [4.69, 9.17) is 5.73 Å². The summed E-state index contributed by atoms with van der Waals surface area (Å²) in [6, 6.07) is 5.50. The lowest BCUT2D eigenvalue weighted by atomic mass is 10.1. The number of nitro groups is 1. The predicted molar refractivity (Wildman–Crippen MR) is 106 cm³/mol. The minimum atomic E-state index is -0.808. The molecule has 0 unspecified atom stereocenters. The highest BCUT2D eigenvalue weighted by molar-refractivity contribution is 6.09. The lowest BCUT2D eigenvalue weighted by Gasteiger charge is -2.24. The van der Waals surface area contributed by atoms with Crippen molar-refractivity contribution in [2.45, 2.75) is 39.7 Å². The van der Waals surface area contributed by atoms with Gasteiger partial charge in [0.25, 0.3) is 17.2 Å². The van der Waals surface area contributed by atoms with E-state index < -0.39 is 22.1 Å². The van der Waals surface area contributed by atoms with Crippen molar-refractivity contribution in [2.75, 3.05) is 17.2 Å². The number of para-hydroxylation sites is 1. The van der Waals surface area contributed by atoms with Crippen LogP contribution >= 0.6 is 0 Å². The van der Waals surface area contributed by atoms with Crippen LogP contribution in [0.5, 0.6) is 0 Å². The van der Waals surface area contributed by atoms with Crippen LogP contribution in [-0.4, -0.2) is 26.9 Å². The second-order valence-corrected chi connectivity index (χ2v) is 6.23. The minimum absolute atomic E-state index is 0.124. The first-order valence-corrected chi connectivity index (χ1v) is 9.01. The van der Waals surface area contributed by atoms with Gasteiger partial charge in [-0.15, -0.1) is 0 Å². The van der Waals surface area contributed by atoms with Crippen molar-refractivity contribution in [3.8, 4) is 0 Å². The summed E-state index contributed by atoms with van der Waals surface area (Å²) >= 11 is 0. The Morgan fingerprint density at radius 3 is 2.54 bits per heavy atom. The molecule has 0 atom stereocenters. The molecule has 0 radical (unpaired) electrons. The molecular formula is C18H23N5O5. The van der Waals surface area contributed by atoms with Crippen LogP contribution in [0.3, 0.4) is 0 Å². The number of unbranched alkanes of at least 4 members (excludes halogenated alkanes) is 1. The number of hydrogen-bond acceptors (Lipinski definition) is 6. The fourth-order valence-electron chi connectivity index (χ4n) is 2.87. The Hall–Kier alpha value is -3.43. The highest BCUT2D eigenvalue weighted by Gasteiger charge is 2.29. The summed E-state index contributed by atoms with van der Waals surface area (Å²) in [7, 11) is 0. The number of amides is 1. The first-order chi connectivity index (χ1) is 13.3. The van der Waals surface area contributed by atoms with Crippen molar-refractivity contribution in [1.29, 1.82) is 0 Å². The molecule has 0 bridgehead atoms. The topological polar surface area (TPSA) is 144 Å². The second-order valence-electron chi connectivity index (χ2n) is 6.23. The number of nitrogen functional groups attached to an aromatic ring is 1. The fourth-order valence-corrected chi connectivity index (χ4v) is 2.87. The number of nitro benzene ring substituents is 1. The van der Waals surface area contributed by atoms with Gasteiger partial charge >= 0.3 is 5.69 Å². The number of rotatable bonds is 8. The van der Waals surface area contributed by atoms with Gasteiger partial charge in [-0.1, -0.05) is 32.4 Å². The Morgan fingerprint density at radius 1 is 1.25 bits per heavy atom. The van der Waals surface area contributed by atoms with E-state index in [-0.39, 0.29) is 35.8 Å². The summed E-state index contributed by atoms with van der Waals surface area (Å²) in [5, 5.41) is 11.3. The van der Waals surface area contributed by atoms with Gasteiger partial charge in [0.2, 0.25) is 0 Å². The van der Waals surface area contributed by atoms with Crippen LogP contribution in [0.25, 0.3) is 0 Å². The molecule has 0 saturated heterocycles. The van der Waals surface area contributed by atoms with Gasteiger partial charge in [0.15, 0.2) is 5.69 Å². The number of hydrogen-bond donors (Lipinski definition) is 2. The first kappa shape index (κ1) is 20.9. The van der Waals surface area contributed by atoms with Crippen molar-refractivity contribution < 1.29 is 9.72 Å². The van der Waals surface area contributed by atoms with Gasteiger partial charge in [0, 0.05) is 19.2 Å². The van der Waals surface area contributed by atoms with Gasteiger partial charge in [0.05, 0.1) is 4.92 Å². The Balaban J connectivity index is 2.68. The smallest absolute Gasteiger partial charge is 0.330 e. The number of carbonyl (C=O) groups is 1. The molecule has 0 spiro atoms. The Bertz CT molecular complexity index is 995. The van der Waals surface area contributed by atoms with Crippen molar-refractivity contribution in [2.24, 2.45) is 0 Å². The molecular weight excluding hydrogens is 366 g/mol. The Morgan fingerprint density at radius 2 is 1.93 bits per heavy atom. The fraction of sp³-hybridized carbons (Fsp3) is 0.389. The maximum atomic E-state index is 13.2.